The van der Waals surface area contributed by atoms with Crippen LogP contribution in [0.25, 0.3) is 0 Å². The second kappa shape index (κ2) is 14.1. The van der Waals surface area contributed by atoms with Gasteiger partial charge in [0.25, 0.3) is 0 Å². The van der Waals surface area contributed by atoms with Crippen LogP contribution in [0.5, 0.6) is 5.75 Å². The normalized spacial score (nSPS) is 22.1. The number of nitrogens with one attached hydrogen (secondary N) is 2. The molecule has 0 spiro atoms. The Morgan fingerprint density at radius 1 is 1.23 bits per heavy atom. The Bertz CT molecular complexity index is 665. The molecule has 2 aliphatic rings. The number of aliphatic hydroxyl groups is 1. The summed E-state index contributed by atoms with van der Waals surface area (Å²) in [6.45, 7) is 8.17. The van der Waals surface area contributed by atoms with Gasteiger partial charge in [-0.3, -0.25) is 9.89 Å². The zero-order valence-electron chi connectivity index (χ0n) is 18.5. The number of morpholine rings is 1. The van der Waals surface area contributed by atoms with E-state index in [0.717, 1.165) is 76.1 Å². The van der Waals surface area contributed by atoms with Crippen molar-refractivity contribution >= 4 is 29.9 Å². The van der Waals surface area contributed by atoms with Crippen LogP contribution in [0.2, 0.25) is 0 Å². The third kappa shape index (κ3) is 8.72. The van der Waals surface area contributed by atoms with Gasteiger partial charge in [-0.2, -0.15) is 0 Å². The number of guanidine groups is 1. The highest BCUT2D eigenvalue weighted by Crippen LogP contribution is 2.31. The molecule has 3 rings (SSSR count). The van der Waals surface area contributed by atoms with E-state index in [2.05, 4.69) is 32.7 Å². The number of rotatable bonds is 10. The minimum absolute atomic E-state index is 0. The summed E-state index contributed by atoms with van der Waals surface area (Å²) in [7, 11) is 1.77. The summed E-state index contributed by atoms with van der Waals surface area (Å²) in [5, 5.41) is 16.1. The number of hydrogen-bond donors (Lipinski definition) is 3. The first-order valence-electron chi connectivity index (χ1n) is 10.9. The van der Waals surface area contributed by atoms with Crippen LogP contribution >= 0.6 is 24.0 Å². The Morgan fingerprint density at radius 3 is 2.77 bits per heavy atom. The highest BCUT2D eigenvalue weighted by atomic mass is 127. The molecule has 31 heavy (non-hydrogen) atoms. The minimum atomic E-state index is -0.0133. The first-order valence-corrected chi connectivity index (χ1v) is 10.9. The summed E-state index contributed by atoms with van der Waals surface area (Å²) in [5.74, 6) is 1.63. The smallest absolute Gasteiger partial charge is 0.191 e. The maximum absolute atomic E-state index is 9.38. The molecule has 0 saturated carbocycles. The van der Waals surface area contributed by atoms with E-state index < -0.39 is 0 Å². The number of hydrogen-bond acceptors (Lipinski definition) is 6. The van der Waals surface area contributed by atoms with Crippen LogP contribution in [-0.2, 0) is 16.0 Å². The summed E-state index contributed by atoms with van der Waals surface area (Å²) in [6, 6.07) is 8.16. The first-order chi connectivity index (χ1) is 14.7. The van der Waals surface area contributed by atoms with Crippen LogP contribution < -0.4 is 15.4 Å². The predicted octanol–water partition coefficient (Wildman–Crippen LogP) is 1.47. The Kier molecular flexibility index (Phi) is 11.9. The Labute approximate surface area is 202 Å². The number of ether oxygens (including phenoxy) is 3. The third-order valence-electron chi connectivity index (χ3n) is 5.82. The van der Waals surface area contributed by atoms with Crippen molar-refractivity contribution in [3.8, 4) is 5.75 Å². The van der Waals surface area contributed by atoms with E-state index in [1.807, 2.05) is 12.1 Å². The maximum Gasteiger partial charge on any atom is 0.191 e. The monoisotopic (exact) mass is 548 g/mol. The molecule has 8 nitrogen and oxygen atoms in total. The molecule has 0 radical (unpaired) electrons. The fraction of sp³-hybridized carbons (Fsp3) is 0.682. The van der Waals surface area contributed by atoms with Gasteiger partial charge in [-0.25, -0.2) is 0 Å². The van der Waals surface area contributed by atoms with Gasteiger partial charge in [-0.15, -0.1) is 24.0 Å². The van der Waals surface area contributed by atoms with Gasteiger partial charge in [-0.1, -0.05) is 12.1 Å². The lowest BCUT2D eigenvalue weighted by Crippen LogP contribution is -2.44. The molecule has 1 aromatic carbocycles. The van der Waals surface area contributed by atoms with Gasteiger partial charge in [0.05, 0.1) is 19.8 Å². The summed E-state index contributed by atoms with van der Waals surface area (Å²) in [6.07, 6.45) is 1.70. The number of aliphatic hydroxyl groups excluding tert-OH is 1. The number of aliphatic imine (C=N–C) groups is 1. The van der Waals surface area contributed by atoms with E-state index in [1.54, 1.807) is 7.05 Å². The topological polar surface area (TPSA) is 87.6 Å². The molecule has 1 aromatic rings. The Balaban J connectivity index is 0.00000341. The van der Waals surface area contributed by atoms with Crippen LogP contribution in [-0.4, -0.2) is 88.8 Å². The van der Waals surface area contributed by atoms with Gasteiger partial charge in [-0.05, 0) is 30.5 Å². The van der Waals surface area contributed by atoms with E-state index in [-0.39, 0.29) is 36.0 Å². The van der Waals surface area contributed by atoms with Crippen LogP contribution in [0.3, 0.4) is 0 Å². The van der Waals surface area contributed by atoms with Gasteiger partial charge in [0.15, 0.2) is 5.96 Å². The lowest BCUT2D eigenvalue weighted by Gasteiger charge is -2.27. The second-order valence-electron chi connectivity index (χ2n) is 8.01. The van der Waals surface area contributed by atoms with E-state index in [9.17, 15) is 5.11 Å². The minimum Gasteiger partial charge on any atom is -0.492 e. The van der Waals surface area contributed by atoms with Gasteiger partial charge in [0, 0.05) is 58.4 Å². The molecular formula is C22H37IN4O4. The van der Waals surface area contributed by atoms with Crippen molar-refractivity contribution in [3.05, 3.63) is 29.8 Å². The van der Waals surface area contributed by atoms with Crippen LogP contribution in [0.15, 0.2) is 29.3 Å². The molecule has 2 saturated heterocycles. The molecule has 0 amide bonds. The van der Waals surface area contributed by atoms with Crippen molar-refractivity contribution in [2.24, 2.45) is 10.4 Å². The second-order valence-corrected chi connectivity index (χ2v) is 8.01. The molecule has 1 unspecified atom stereocenters. The molecule has 9 heteroatoms. The zero-order valence-corrected chi connectivity index (χ0v) is 20.8. The quantitative estimate of drug-likeness (QED) is 0.232. The van der Waals surface area contributed by atoms with E-state index in [1.165, 1.54) is 0 Å². The van der Waals surface area contributed by atoms with E-state index in [0.29, 0.717) is 19.8 Å². The number of halogens is 1. The van der Waals surface area contributed by atoms with Crippen molar-refractivity contribution in [2.75, 3.05) is 72.9 Å². The molecule has 0 aliphatic carbocycles. The van der Waals surface area contributed by atoms with E-state index in [4.69, 9.17) is 14.2 Å². The van der Waals surface area contributed by atoms with E-state index >= 15 is 0 Å². The molecular weight excluding hydrogens is 511 g/mol. The molecule has 2 heterocycles. The van der Waals surface area contributed by atoms with Crippen molar-refractivity contribution in [2.45, 2.75) is 19.4 Å². The zero-order chi connectivity index (χ0) is 21.1. The Morgan fingerprint density at radius 2 is 2.06 bits per heavy atom. The summed E-state index contributed by atoms with van der Waals surface area (Å²) in [4.78, 5) is 6.69. The third-order valence-corrected chi connectivity index (χ3v) is 5.82. The summed E-state index contributed by atoms with van der Waals surface area (Å²) >= 11 is 0. The molecule has 3 N–H and O–H groups in total. The van der Waals surface area contributed by atoms with Gasteiger partial charge >= 0.3 is 0 Å². The largest absolute Gasteiger partial charge is 0.492 e. The fourth-order valence-electron chi connectivity index (χ4n) is 3.85. The Hall–Kier alpha value is -1.14. The standard InChI is InChI=1S/C22H36N4O4.HI/c1-23-21(25-17-22(5-10-27)6-11-29-18-22)24-16-19-3-2-4-20(15-19)30-14-9-26-7-12-28-13-8-26;/h2-4,15,27H,5-14,16-18H2,1H3,(H2,23,24,25);1H. The summed E-state index contributed by atoms with van der Waals surface area (Å²) in [5.41, 5.74) is 1.12. The molecule has 2 fully saturated rings. The lowest BCUT2D eigenvalue weighted by atomic mass is 9.84. The average Bonchev–Trinajstić information content (AvgIpc) is 3.24. The van der Waals surface area contributed by atoms with Gasteiger partial charge in [0.2, 0.25) is 0 Å². The SMILES string of the molecule is CN=C(NCc1cccc(OCCN2CCOCC2)c1)NCC1(CCO)CCOC1.I. The number of nitrogens with zero attached hydrogens (tertiary/aromatic N) is 2. The fourth-order valence-corrected chi connectivity index (χ4v) is 3.85. The highest BCUT2D eigenvalue weighted by Gasteiger charge is 2.34. The maximum atomic E-state index is 9.38. The molecule has 0 aromatic heterocycles. The molecule has 1 atom stereocenters. The predicted molar refractivity (Wildman–Crippen MR) is 132 cm³/mol. The van der Waals surface area contributed by atoms with Crippen molar-refractivity contribution in [1.82, 2.24) is 15.5 Å². The van der Waals surface area contributed by atoms with Gasteiger partial charge < -0.3 is 30.0 Å². The van der Waals surface area contributed by atoms with Crippen molar-refractivity contribution < 1.29 is 19.3 Å². The first kappa shape index (κ1) is 26.1. The van der Waals surface area contributed by atoms with Gasteiger partial charge in [0.1, 0.15) is 12.4 Å². The molecule has 176 valence electrons. The van der Waals surface area contributed by atoms with Crippen LogP contribution in [0.4, 0.5) is 0 Å². The number of benzene rings is 1. The van der Waals surface area contributed by atoms with Crippen molar-refractivity contribution in [1.29, 1.82) is 0 Å². The average molecular weight is 548 g/mol. The highest BCUT2D eigenvalue weighted by molar-refractivity contribution is 14.0. The molecule has 2 aliphatic heterocycles. The van der Waals surface area contributed by atoms with Crippen molar-refractivity contribution in [3.63, 3.8) is 0 Å². The summed E-state index contributed by atoms with van der Waals surface area (Å²) < 4.78 is 16.9. The molecule has 0 bridgehead atoms. The lowest BCUT2D eigenvalue weighted by molar-refractivity contribution is 0.0322. The van der Waals surface area contributed by atoms with Crippen LogP contribution in [0, 0.1) is 5.41 Å². The van der Waals surface area contributed by atoms with Crippen LogP contribution in [0.1, 0.15) is 18.4 Å².